The molecule has 0 unspecified atom stereocenters. The number of nitrogens with zero attached hydrogens (tertiary/aromatic N) is 1. The molecule has 2 amide bonds. The van der Waals surface area contributed by atoms with Gasteiger partial charge in [0.25, 0.3) is 0 Å². The van der Waals surface area contributed by atoms with E-state index in [2.05, 4.69) is 5.32 Å². The van der Waals surface area contributed by atoms with Crippen molar-refractivity contribution in [2.45, 2.75) is 6.92 Å². The van der Waals surface area contributed by atoms with Crippen molar-refractivity contribution in [3.63, 3.8) is 0 Å². The molecule has 0 aromatic heterocycles. The number of hydrogen-bond donors (Lipinski definition) is 1. The van der Waals surface area contributed by atoms with E-state index in [9.17, 15) is 9.18 Å². The maximum atomic E-state index is 13.1. The van der Waals surface area contributed by atoms with Crippen LogP contribution in [0.3, 0.4) is 0 Å². The number of hydrogen-bond acceptors (Lipinski definition) is 1. The molecule has 2 rings (SSSR count). The highest BCUT2D eigenvalue weighted by Crippen LogP contribution is 2.20. The van der Waals surface area contributed by atoms with Crippen molar-refractivity contribution in [2.75, 3.05) is 16.8 Å². The van der Waals surface area contributed by atoms with Gasteiger partial charge in [-0.2, -0.15) is 0 Å². The molecule has 0 saturated carbocycles. The second kappa shape index (κ2) is 6.39. The highest BCUT2D eigenvalue weighted by atomic mass is 35.5. The van der Waals surface area contributed by atoms with E-state index in [-0.39, 0.29) is 11.1 Å². The number of halogens is 2. The topological polar surface area (TPSA) is 32.3 Å². The summed E-state index contributed by atoms with van der Waals surface area (Å²) in [7, 11) is 0. The second-order valence-corrected chi connectivity index (χ2v) is 4.55. The molecule has 20 heavy (non-hydrogen) atoms. The van der Waals surface area contributed by atoms with E-state index < -0.39 is 5.82 Å². The zero-order valence-electron chi connectivity index (χ0n) is 10.9. The Bertz CT molecular complexity index is 604. The Morgan fingerprint density at radius 2 is 1.95 bits per heavy atom. The number of anilines is 2. The van der Waals surface area contributed by atoms with Crippen molar-refractivity contribution in [3.05, 3.63) is 59.4 Å². The van der Waals surface area contributed by atoms with Gasteiger partial charge < -0.3 is 5.32 Å². The summed E-state index contributed by atoms with van der Waals surface area (Å²) in [6, 6.07) is 13.1. The molecule has 5 heteroatoms. The maximum Gasteiger partial charge on any atom is 0.326 e. The van der Waals surface area contributed by atoms with Crippen LogP contribution in [-0.2, 0) is 0 Å². The minimum Gasteiger partial charge on any atom is -0.307 e. The van der Waals surface area contributed by atoms with Crippen molar-refractivity contribution < 1.29 is 9.18 Å². The van der Waals surface area contributed by atoms with Crippen LogP contribution in [0, 0.1) is 5.82 Å². The number of carbonyl (C=O) groups is 1. The van der Waals surface area contributed by atoms with E-state index in [1.54, 1.807) is 4.90 Å². The fourth-order valence-electron chi connectivity index (χ4n) is 1.82. The molecule has 0 aliphatic carbocycles. The Morgan fingerprint density at radius 3 is 2.55 bits per heavy atom. The molecule has 0 saturated heterocycles. The van der Waals surface area contributed by atoms with Crippen molar-refractivity contribution in [1.29, 1.82) is 0 Å². The van der Waals surface area contributed by atoms with Gasteiger partial charge in [0.05, 0.1) is 5.02 Å². The van der Waals surface area contributed by atoms with E-state index in [0.717, 1.165) is 5.69 Å². The first-order valence-corrected chi connectivity index (χ1v) is 6.58. The van der Waals surface area contributed by atoms with Gasteiger partial charge in [-0.1, -0.05) is 29.8 Å². The summed E-state index contributed by atoms with van der Waals surface area (Å²) < 4.78 is 13.1. The van der Waals surface area contributed by atoms with Gasteiger partial charge >= 0.3 is 6.03 Å². The molecule has 0 aliphatic heterocycles. The Balaban J connectivity index is 2.15. The van der Waals surface area contributed by atoms with Crippen molar-refractivity contribution in [3.8, 4) is 0 Å². The normalized spacial score (nSPS) is 10.2. The lowest BCUT2D eigenvalue weighted by Gasteiger charge is -2.21. The summed E-state index contributed by atoms with van der Waals surface area (Å²) in [4.78, 5) is 13.8. The number of urea groups is 1. The monoisotopic (exact) mass is 292 g/mol. The Labute approximate surface area is 122 Å². The van der Waals surface area contributed by atoms with Crippen LogP contribution in [-0.4, -0.2) is 12.6 Å². The summed E-state index contributed by atoms with van der Waals surface area (Å²) >= 11 is 5.69. The first kappa shape index (κ1) is 14.3. The fourth-order valence-corrected chi connectivity index (χ4v) is 2.00. The Hall–Kier alpha value is -2.07. The lowest BCUT2D eigenvalue weighted by molar-refractivity contribution is 0.257. The van der Waals surface area contributed by atoms with Gasteiger partial charge in [0.1, 0.15) is 5.82 Å². The van der Waals surface area contributed by atoms with Crippen molar-refractivity contribution >= 4 is 29.0 Å². The molecule has 0 radical (unpaired) electrons. The quantitative estimate of drug-likeness (QED) is 0.885. The molecule has 0 spiro atoms. The third-order valence-electron chi connectivity index (χ3n) is 2.80. The van der Waals surface area contributed by atoms with Crippen LogP contribution in [0.1, 0.15) is 6.92 Å². The van der Waals surface area contributed by atoms with Crippen molar-refractivity contribution in [1.82, 2.24) is 0 Å². The average Bonchev–Trinajstić information content (AvgIpc) is 2.45. The van der Waals surface area contributed by atoms with Crippen LogP contribution >= 0.6 is 11.6 Å². The van der Waals surface area contributed by atoms with Crippen LogP contribution in [0.15, 0.2) is 48.5 Å². The SMILES string of the molecule is CCN(C(=O)Nc1ccc(F)c(Cl)c1)c1ccccc1. The summed E-state index contributed by atoms with van der Waals surface area (Å²) in [6.45, 7) is 2.40. The molecule has 2 aromatic rings. The average molecular weight is 293 g/mol. The number of carbonyl (C=O) groups excluding carboxylic acids is 1. The maximum absolute atomic E-state index is 13.1. The van der Waals surface area contributed by atoms with E-state index >= 15 is 0 Å². The molecular weight excluding hydrogens is 279 g/mol. The van der Waals surface area contributed by atoms with Gasteiger partial charge in [-0.3, -0.25) is 4.90 Å². The van der Waals surface area contributed by atoms with E-state index in [1.165, 1.54) is 18.2 Å². The van der Waals surface area contributed by atoms with Crippen LogP contribution in [0.5, 0.6) is 0 Å². The number of para-hydroxylation sites is 1. The minimum atomic E-state index is -0.514. The zero-order chi connectivity index (χ0) is 14.5. The van der Waals surface area contributed by atoms with Crippen LogP contribution in [0.25, 0.3) is 0 Å². The first-order chi connectivity index (χ1) is 9.61. The number of nitrogens with one attached hydrogen (secondary N) is 1. The van der Waals surface area contributed by atoms with Crippen molar-refractivity contribution in [2.24, 2.45) is 0 Å². The van der Waals surface area contributed by atoms with E-state index in [1.807, 2.05) is 37.3 Å². The number of amides is 2. The van der Waals surface area contributed by atoms with Gasteiger partial charge in [0.15, 0.2) is 0 Å². The third kappa shape index (κ3) is 3.27. The lowest BCUT2D eigenvalue weighted by atomic mass is 10.3. The highest BCUT2D eigenvalue weighted by Gasteiger charge is 2.14. The predicted octanol–water partition coefficient (Wildman–Crippen LogP) is 4.54. The summed E-state index contributed by atoms with van der Waals surface area (Å²) in [5.74, 6) is -0.514. The summed E-state index contributed by atoms with van der Waals surface area (Å²) in [5.41, 5.74) is 1.25. The Kier molecular flexibility index (Phi) is 4.58. The third-order valence-corrected chi connectivity index (χ3v) is 3.09. The second-order valence-electron chi connectivity index (χ2n) is 4.14. The van der Waals surface area contributed by atoms with Gasteiger partial charge in [0.2, 0.25) is 0 Å². The lowest BCUT2D eigenvalue weighted by Crippen LogP contribution is -2.34. The molecule has 3 nitrogen and oxygen atoms in total. The number of benzene rings is 2. The molecule has 2 aromatic carbocycles. The number of rotatable bonds is 3. The molecule has 0 fully saturated rings. The molecule has 0 heterocycles. The van der Waals surface area contributed by atoms with Crippen LogP contribution in [0.4, 0.5) is 20.6 Å². The standard InChI is InChI=1S/C15H14ClFN2O/c1-2-19(12-6-4-3-5-7-12)15(20)18-11-8-9-14(17)13(16)10-11/h3-10H,2H2,1H3,(H,18,20). The summed E-state index contributed by atoms with van der Waals surface area (Å²) in [6.07, 6.45) is 0. The molecular formula is C15H14ClFN2O. The molecule has 0 aliphatic rings. The highest BCUT2D eigenvalue weighted by molar-refractivity contribution is 6.31. The largest absolute Gasteiger partial charge is 0.326 e. The molecule has 0 atom stereocenters. The fraction of sp³-hybridized carbons (Fsp3) is 0.133. The van der Waals surface area contributed by atoms with Crippen LogP contribution < -0.4 is 10.2 Å². The zero-order valence-corrected chi connectivity index (χ0v) is 11.7. The Morgan fingerprint density at radius 1 is 1.25 bits per heavy atom. The smallest absolute Gasteiger partial charge is 0.307 e. The van der Waals surface area contributed by atoms with Gasteiger partial charge in [0, 0.05) is 17.9 Å². The predicted molar refractivity (Wildman–Crippen MR) is 79.9 cm³/mol. The van der Waals surface area contributed by atoms with Crippen LogP contribution in [0.2, 0.25) is 5.02 Å². The van der Waals surface area contributed by atoms with Gasteiger partial charge in [-0.15, -0.1) is 0 Å². The molecule has 0 bridgehead atoms. The first-order valence-electron chi connectivity index (χ1n) is 6.20. The molecule has 104 valence electrons. The van der Waals surface area contributed by atoms with Gasteiger partial charge in [-0.25, -0.2) is 9.18 Å². The van der Waals surface area contributed by atoms with Gasteiger partial charge in [-0.05, 0) is 37.3 Å². The van der Waals surface area contributed by atoms with E-state index in [0.29, 0.717) is 12.2 Å². The summed E-state index contributed by atoms with van der Waals surface area (Å²) in [5, 5.41) is 2.67. The van der Waals surface area contributed by atoms with E-state index in [4.69, 9.17) is 11.6 Å². The molecule has 1 N–H and O–H groups in total. The minimum absolute atomic E-state index is 0.0226.